The number of amides is 1. The third-order valence-electron chi connectivity index (χ3n) is 3.82. The third-order valence-corrected chi connectivity index (χ3v) is 3.82. The smallest absolute Gasteiger partial charge is 0.335 e. The van der Waals surface area contributed by atoms with Gasteiger partial charge in [0.1, 0.15) is 5.75 Å². The van der Waals surface area contributed by atoms with E-state index >= 15 is 0 Å². The van der Waals surface area contributed by atoms with Crippen LogP contribution in [0.15, 0.2) is 18.2 Å². The van der Waals surface area contributed by atoms with Crippen LogP contribution >= 0.6 is 0 Å². The fourth-order valence-corrected chi connectivity index (χ4v) is 2.51. The summed E-state index contributed by atoms with van der Waals surface area (Å²) in [5.74, 6) is -0.368. The van der Waals surface area contributed by atoms with Crippen LogP contribution in [0.4, 0.5) is 0 Å². The molecule has 0 saturated carbocycles. The lowest BCUT2D eigenvalue weighted by Crippen LogP contribution is -2.35. The van der Waals surface area contributed by atoms with Gasteiger partial charge in [-0.2, -0.15) is 0 Å². The van der Waals surface area contributed by atoms with Gasteiger partial charge in [0.25, 0.3) is 0 Å². The van der Waals surface area contributed by atoms with Crippen LogP contribution in [0.3, 0.4) is 0 Å². The summed E-state index contributed by atoms with van der Waals surface area (Å²) in [6.07, 6.45) is 2.13. The highest BCUT2D eigenvalue weighted by Crippen LogP contribution is 2.21. The van der Waals surface area contributed by atoms with Crippen molar-refractivity contribution < 1.29 is 24.2 Å². The van der Waals surface area contributed by atoms with E-state index in [1.165, 1.54) is 13.2 Å². The molecule has 1 aromatic rings. The minimum absolute atomic E-state index is 0.0324. The van der Waals surface area contributed by atoms with Crippen molar-refractivity contribution in [3.63, 3.8) is 0 Å². The Morgan fingerprint density at radius 3 is 2.73 bits per heavy atom. The Hall–Kier alpha value is -2.08. The highest BCUT2D eigenvalue weighted by atomic mass is 16.5. The Bertz CT molecular complexity index is 537. The molecule has 120 valence electrons. The van der Waals surface area contributed by atoms with Gasteiger partial charge in [0.2, 0.25) is 5.91 Å². The van der Waals surface area contributed by atoms with E-state index in [1.807, 2.05) is 0 Å². The van der Waals surface area contributed by atoms with E-state index in [9.17, 15) is 9.59 Å². The van der Waals surface area contributed by atoms with Gasteiger partial charge in [-0.1, -0.05) is 6.07 Å². The van der Waals surface area contributed by atoms with Crippen molar-refractivity contribution in [3.8, 4) is 5.75 Å². The summed E-state index contributed by atoms with van der Waals surface area (Å²) < 4.78 is 10.5. The van der Waals surface area contributed by atoms with Gasteiger partial charge in [-0.3, -0.25) is 4.79 Å². The number of hydrogen-bond donors (Lipinski definition) is 2. The molecule has 1 aliphatic heterocycles. The fourth-order valence-electron chi connectivity index (χ4n) is 2.51. The van der Waals surface area contributed by atoms with Crippen molar-refractivity contribution in [1.82, 2.24) is 5.32 Å². The number of carbonyl (C=O) groups excluding carboxylic acids is 1. The van der Waals surface area contributed by atoms with Crippen LogP contribution in [0, 0.1) is 5.92 Å². The molecule has 0 unspecified atom stereocenters. The van der Waals surface area contributed by atoms with Crippen LogP contribution in [-0.4, -0.2) is 43.9 Å². The first-order valence-electron chi connectivity index (χ1n) is 7.37. The van der Waals surface area contributed by atoms with Gasteiger partial charge in [-0.25, -0.2) is 4.79 Å². The highest BCUT2D eigenvalue weighted by molar-refractivity contribution is 5.88. The monoisotopic (exact) mass is 307 g/mol. The summed E-state index contributed by atoms with van der Waals surface area (Å²) in [5, 5.41) is 11.9. The van der Waals surface area contributed by atoms with Gasteiger partial charge < -0.3 is 19.9 Å². The topological polar surface area (TPSA) is 84.9 Å². The molecule has 2 N–H and O–H groups in total. The first-order chi connectivity index (χ1) is 10.6. The SMILES string of the molecule is COc1cc(C(=O)O)ccc1CCNC(=O)C1CCOCC1. The molecule has 0 radical (unpaired) electrons. The highest BCUT2D eigenvalue weighted by Gasteiger charge is 2.21. The van der Waals surface area contributed by atoms with E-state index < -0.39 is 5.97 Å². The Morgan fingerprint density at radius 2 is 2.09 bits per heavy atom. The van der Waals surface area contributed by atoms with Crippen LogP contribution in [0.1, 0.15) is 28.8 Å². The molecule has 22 heavy (non-hydrogen) atoms. The predicted molar refractivity (Wildman–Crippen MR) is 80.2 cm³/mol. The minimum atomic E-state index is -0.988. The number of carboxylic acid groups (broad SMARTS) is 1. The first-order valence-corrected chi connectivity index (χ1v) is 7.37. The molecule has 1 aliphatic rings. The summed E-state index contributed by atoms with van der Waals surface area (Å²) in [4.78, 5) is 22.9. The molecule has 1 aromatic carbocycles. The molecule has 0 aliphatic carbocycles. The first kappa shape index (κ1) is 16.3. The summed E-state index contributed by atoms with van der Waals surface area (Å²) >= 11 is 0. The van der Waals surface area contributed by atoms with Crippen LogP contribution < -0.4 is 10.1 Å². The van der Waals surface area contributed by atoms with Crippen LogP contribution in [0.5, 0.6) is 5.75 Å². The van der Waals surface area contributed by atoms with Crippen LogP contribution in [0.2, 0.25) is 0 Å². The molecule has 1 saturated heterocycles. The maximum atomic E-state index is 12.0. The minimum Gasteiger partial charge on any atom is -0.496 e. The summed E-state index contributed by atoms with van der Waals surface area (Å²) in [6, 6.07) is 4.77. The van der Waals surface area contributed by atoms with Crippen LogP contribution in [0.25, 0.3) is 0 Å². The lowest BCUT2D eigenvalue weighted by Gasteiger charge is -2.21. The van der Waals surface area contributed by atoms with Gasteiger partial charge in [0.05, 0.1) is 12.7 Å². The Labute approximate surface area is 129 Å². The average molecular weight is 307 g/mol. The quantitative estimate of drug-likeness (QED) is 0.831. The number of carbonyl (C=O) groups is 2. The maximum absolute atomic E-state index is 12.0. The van der Waals surface area contributed by atoms with E-state index in [2.05, 4.69) is 5.32 Å². The molecule has 0 bridgehead atoms. The third kappa shape index (κ3) is 4.21. The zero-order chi connectivity index (χ0) is 15.9. The molecule has 0 atom stereocenters. The number of rotatable bonds is 6. The van der Waals surface area contributed by atoms with Crippen molar-refractivity contribution in [2.75, 3.05) is 26.9 Å². The Kier molecular flexibility index (Phi) is 5.77. The largest absolute Gasteiger partial charge is 0.496 e. The Balaban J connectivity index is 1.88. The van der Waals surface area contributed by atoms with E-state index in [1.54, 1.807) is 12.1 Å². The van der Waals surface area contributed by atoms with Crippen molar-refractivity contribution in [1.29, 1.82) is 0 Å². The van der Waals surface area contributed by atoms with Gasteiger partial charge in [-0.15, -0.1) is 0 Å². The van der Waals surface area contributed by atoms with Crippen molar-refractivity contribution in [2.45, 2.75) is 19.3 Å². The molecule has 1 fully saturated rings. The second kappa shape index (κ2) is 7.79. The van der Waals surface area contributed by atoms with Crippen molar-refractivity contribution in [3.05, 3.63) is 29.3 Å². The van der Waals surface area contributed by atoms with Crippen molar-refractivity contribution >= 4 is 11.9 Å². The molecule has 0 spiro atoms. The summed E-state index contributed by atoms with van der Waals surface area (Å²) in [5.41, 5.74) is 1.06. The van der Waals surface area contributed by atoms with E-state index in [4.69, 9.17) is 14.6 Å². The normalized spacial score (nSPS) is 15.3. The second-order valence-corrected chi connectivity index (χ2v) is 5.26. The molecule has 6 heteroatoms. The number of nitrogens with one attached hydrogen (secondary N) is 1. The van der Waals surface area contributed by atoms with E-state index in [-0.39, 0.29) is 17.4 Å². The van der Waals surface area contributed by atoms with E-state index in [0.29, 0.717) is 31.9 Å². The molecule has 1 heterocycles. The molecule has 6 nitrogen and oxygen atoms in total. The van der Waals surface area contributed by atoms with Gasteiger partial charge in [0, 0.05) is 25.7 Å². The van der Waals surface area contributed by atoms with Crippen molar-refractivity contribution in [2.24, 2.45) is 5.92 Å². The van der Waals surface area contributed by atoms with Gasteiger partial charge in [-0.05, 0) is 37.0 Å². The van der Waals surface area contributed by atoms with E-state index in [0.717, 1.165) is 18.4 Å². The second-order valence-electron chi connectivity index (χ2n) is 5.26. The zero-order valence-electron chi connectivity index (χ0n) is 12.6. The summed E-state index contributed by atoms with van der Waals surface area (Å²) in [6.45, 7) is 1.78. The zero-order valence-corrected chi connectivity index (χ0v) is 12.6. The number of benzene rings is 1. The Morgan fingerprint density at radius 1 is 1.36 bits per heavy atom. The maximum Gasteiger partial charge on any atom is 0.335 e. The number of hydrogen-bond acceptors (Lipinski definition) is 4. The molecule has 2 rings (SSSR count). The fraction of sp³-hybridized carbons (Fsp3) is 0.500. The average Bonchev–Trinajstić information content (AvgIpc) is 2.55. The molecule has 0 aromatic heterocycles. The standard InChI is InChI=1S/C16H21NO5/c1-21-14-10-13(16(19)20)3-2-11(14)4-7-17-15(18)12-5-8-22-9-6-12/h2-3,10,12H,4-9H2,1H3,(H,17,18)(H,19,20). The molecular weight excluding hydrogens is 286 g/mol. The number of ether oxygens (including phenoxy) is 2. The molecular formula is C16H21NO5. The predicted octanol–water partition coefficient (Wildman–Crippen LogP) is 1.48. The number of carboxylic acids is 1. The van der Waals surface area contributed by atoms with Gasteiger partial charge >= 0.3 is 5.97 Å². The number of aromatic carboxylic acids is 1. The molecule has 1 amide bonds. The van der Waals surface area contributed by atoms with Gasteiger partial charge in [0.15, 0.2) is 0 Å². The number of methoxy groups -OCH3 is 1. The van der Waals surface area contributed by atoms with Crippen LogP contribution in [-0.2, 0) is 16.0 Å². The summed E-state index contributed by atoms with van der Waals surface area (Å²) in [7, 11) is 1.51. The lowest BCUT2D eigenvalue weighted by atomic mass is 9.99. The lowest BCUT2D eigenvalue weighted by molar-refractivity contribution is -0.127.